The highest BCUT2D eigenvalue weighted by Gasteiger charge is 2.11. The predicted molar refractivity (Wildman–Crippen MR) is 81.7 cm³/mol. The van der Waals surface area contributed by atoms with Crippen LogP contribution in [-0.2, 0) is 13.0 Å². The van der Waals surface area contributed by atoms with E-state index in [2.05, 4.69) is 48.4 Å². The number of aryl methyl sites for hydroxylation is 3. The van der Waals surface area contributed by atoms with E-state index in [4.69, 9.17) is 4.42 Å². The molecule has 2 aromatic rings. The number of aromatic nitrogens is 1. The largest absolute Gasteiger partial charge is 0.444 e. The molecule has 0 aliphatic heterocycles. The first-order valence-corrected chi connectivity index (χ1v) is 7.39. The normalized spacial score (nSPS) is 12.6. The van der Waals surface area contributed by atoms with Crippen molar-refractivity contribution in [1.82, 2.24) is 10.3 Å². The lowest BCUT2D eigenvalue weighted by Gasteiger charge is -2.16. The summed E-state index contributed by atoms with van der Waals surface area (Å²) in [6.07, 6.45) is 2.13. The van der Waals surface area contributed by atoms with E-state index in [0.29, 0.717) is 12.6 Å². The third kappa shape index (κ3) is 3.48. The van der Waals surface area contributed by atoms with Gasteiger partial charge in [0.1, 0.15) is 5.76 Å². The van der Waals surface area contributed by atoms with E-state index < -0.39 is 0 Å². The minimum atomic E-state index is 0.341. The molecule has 0 radical (unpaired) electrons. The number of hydrogen-bond donors (Lipinski definition) is 1. The van der Waals surface area contributed by atoms with Crippen molar-refractivity contribution in [2.75, 3.05) is 0 Å². The van der Waals surface area contributed by atoms with Crippen LogP contribution in [0.15, 0.2) is 28.7 Å². The standard InChI is InChI=1S/C17H24N2O/c1-5-14-7-9-15(10-8-14)16(6-2)18-11-17-19-12(3)13(4)20-17/h7-10,16,18H,5-6,11H2,1-4H3. The van der Waals surface area contributed by atoms with Gasteiger partial charge in [-0.1, -0.05) is 38.1 Å². The zero-order valence-corrected chi connectivity index (χ0v) is 12.9. The Morgan fingerprint density at radius 2 is 1.85 bits per heavy atom. The molecule has 1 aromatic carbocycles. The lowest BCUT2D eigenvalue weighted by atomic mass is 10.0. The van der Waals surface area contributed by atoms with Gasteiger partial charge in [0.05, 0.1) is 12.2 Å². The molecule has 0 aliphatic carbocycles. The molecule has 1 N–H and O–H groups in total. The molecular weight excluding hydrogens is 248 g/mol. The monoisotopic (exact) mass is 272 g/mol. The van der Waals surface area contributed by atoms with Gasteiger partial charge < -0.3 is 9.73 Å². The zero-order valence-electron chi connectivity index (χ0n) is 12.9. The molecule has 1 atom stereocenters. The van der Waals surface area contributed by atoms with Crippen LogP contribution in [0.3, 0.4) is 0 Å². The second-order valence-electron chi connectivity index (χ2n) is 5.19. The SMILES string of the molecule is CCc1ccc(C(CC)NCc2nc(C)c(C)o2)cc1. The first kappa shape index (κ1) is 14.8. The first-order chi connectivity index (χ1) is 9.63. The number of oxazole rings is 1. The lowest BCUT2D eigenvalue weighted by molar-refractivity contribution is 0.420. The quantitative estimate of drug-likeness (QED) is 0.860. The van der Waals surface area contributed by atoms with Gasteiger partial charge in [0.25, 0.3) is 0 Å². The number of hydrogen-bond acceptors (Lipinski definition) is 3. The van der Waals surface area contributed by atoms with Gasteiger partial charge in [-0.05, 0) is 37.8 Å². The van der Waals surface area contributed by atoms with Gasteiger partial charge in [0, 0.05) is 6.04 Å². The Hall–Kier alpha value is -1.61. The van der Waals surface area contributed by atoms with Crippen molar-refractivity contribution in [2.24, 2.45) is 0 Å². The maximum absolute atomic E-state index is 5.61. The molecule has 20 heavy (non-hydrogen) atoms. The van der Waals surface area contributed by atoms with E-state index >= 15 is 0 Å². The molecule has 0 bridgehead atoms. The van der Waals surface area contributed by atoms with Crippen molar-refractivity contribution in [3.8, 4) is 0 Å². The van der Waals surface area contributed by atoms with Crippen LogP contribution in [0.2, 0.25) is 0 Å². The summed E-state index contributed by atoms with van der Waals surface area (Å²) in [6.45, 7) is 8.97. The summed E-state index contributed by atoms with van der Waals surface area (Å²) < 4.78 is 5.61. The Morgan fingerprint density at radius 1 is 1.15 bits per heavy atom. The first-order valence-electron chi connectivity index (χ1n) is 7.39. The number of benzene rings is 1. The van der Waals surface area contributed by atoms with Crippen molar-refractivity contribution in [1.29, 1.82) is 0 Å². The Kier molecular flexibility index (Phi) is 4.96. The van der Waals surface area contributed by atoms with Gasteiger partial charge in [-0.2, -0.15) is 0 Å². The summed E-state index contributed by atoms with van der Waals surface area (Å²) in [5.74, 6) is 1.67. The maximum Gasteiger partial charge on any atom is 0.208 e. The molecule has 0 amide bonds. The molecule has 0 aliphatic rings. The Morgan fingerprint density at radius 3 is 2.35 bits per heavy atom. The molecule has 0 fully saturated rings. The Bertz CT molecular complexity index is 523. The van der Waals surface area contributed by atoms with Crippen LogP contribution in [0.5, 0.6) is 0 Å². The summed E-state index contributed by atoms with van der Waals surface area (Å²) >= 11 is 0. The van der Waals surface area contributed by atoms with Crippen LogP contribution in [0.4, 0.5) is 0 Å². The molecule has 1 unspecified atom stereocenters. The van der Waals surface area contributed by atoms with Crippen molar-refractivity contribution in [3.63, 3.8) is 0 Å². The molecule has 108 valence electrons. The highest BCUT2D eigenvalue weighted by atomic mass is 16.4. The molecule has 2 rings (SSSR count). The minimum Gasteiger partial charge on any atom is -0.444 e. The topological polar surface area (TPSA) is 38.1 Å². The third-order valence-electron chi connectivity index (χ3n) is 3.77. The van der Waals surface area contributed by atoms with Gasteiger partial charge in [-0.3, -0.25) is 0 Å². The second-order valence-corrected chi connectivity index (χ2v) is 5.19. The summed E-state index contributed by atoms with van der Waals surface area (Å²) in [5, 5.41) is 3.52. The van der Waals surface area contributed by atoms with Crippen LogP contribution in [0, 0.1) is 13.8 Å². The highest BCUT2D eigenvalue weighted by molar-refractivity contribution is 5.25. The molecule has 1 heterocycles. The molecule has 1 aromatic heterocycles. The maximum atomic E-state index is 5.61. The predicted octanol–water partition coefficient (Wildman–Crippen LogP) is 4.09. The van der Waals surface area contributed by atoms with E-state index in [1.54, 1.807) is 0 Å². The Balaban J connectivity index is 2.00. The average molecular weight is 272 g/mol. The molecule has 3 heteroatoms. The molecule has 3 nitrogen and oxygen atoms in total. The van der Waals surface area contributed by atoms with Crippen LogP contribution < -0.4 is 5.32 Å². The van der Waals surface area contributed by atoms with Crippen molar-refractivity contribution < 1.29 is 4.42 Å². The summed E-state index contributed by atoms with van der Waals surface area (Å²) in [7, 11) is 0. The van der Waals surface area contributed by atoms with Crippen molar-refractivity contribution in [3.05, 3.63) is 52.7 Å². The zero-order chi connectivity index (χ0) is 14.5. The summed E-state index contributed by atoms with van der Waals surface area (Å²) in [5.41, 5.74) is 3.68. The molecule has 0 saturated heterocycles. The smallest absolute Gasteiger partial charge is 0.208 e. The Labute approximate surface area is 121 Å². The third-order valence-corrected chi connectivity index (χ3v) is 3.77. The van der Waals surface area contributed by atoms with Gasteiger partial charge in [-0.15, -0.1) is 0 Å². The van der Waals surface area contributed by atoms with Gasteiger partial charge in [0.15, 0.2) is 0 Å². The molecule has 0 spiro atoms. The fourth-order valence-electron chi connectivity index (χ4n) is 2.31. The number of nitrogens with one attached hydrogen (secondary N) is 1. The minimum absolute atomic E-state index is 0.341. The van der Waals surface area contributed by atoms with E-state index in [-0.39, 0.29) is 0 Å². The van der Waals surface area contributed by atoms with Crippen molar-refractivity contribution >= 4 is 0 Å². The van der Waals surface area contributed by atoms with Crippen molar-refractivity contribution in [2.45, 2.75) is 53.1 Å². The lowest BCUT2D eigenvalue weighted by Crippen LogP contribution is -2.20. The number of nitrogens with zero attached hydrogens (tertiary/aromatic N) is 1. The summed E-state index contributed by atoms with van der Waals surface area (Å²) in [4.78, 5) is 4.41. The van der Waals surface area contributed by atoms with E-state index in [0.717, 1.165) is 30.2 Å². The van der Waals surface area contributed by atoms with Gasteiger partial charge in [-0.25, -0.2) is 4.98 Å². The highest BCUT2D eigenvalue weighted by Crippen LogP contribution is 2.18. The van der Waals surface area contributed by atoms with Crippen LogP contribution in [-0.4, -0.2) is 4.98 Å². The molecular formula is C17H24N2O. The van der Waals surface area contributed by atoms with E-state index in [1.807, 2.05) is 13.8 Å². The summed E-state index contributed by atoms with van der Waals surface area (Å²) in [6, 6.07) is 9.18. The van der Waals surface area contributed by atoms with E-state index in [9.17, 15) is 0 Å². The fourth-order valence-corrected chi connectivity index (χ4v) is 2.31. The average Bonchev–Trinajstić information content (AvgIpc) is 2.79. The van der Waals surface area contributed by atoms with Gasteiger partial charge >= 0.3 is 0 Å². The van der Waals surface area contributed by atoms with Gasteiger partial charge in [0.2, 0.25) is 5.89 Å². The molecule has 0 saturated carbocycles. The van der Waals surface area contributed by atoms with E-state index in [1.165, 1.54) is 11.1 Å². The van der Waals surface area contributed by atoms with Crippen LogP contribution in [0.1, 0.15) is 54.8 Å². The van der Waals surface area contributed by atoms with Crippen LogP contribution >= 0.6 is 0 Å². The number of rotatable bonds is 6. The fraction of sp³-hybridized carbons (Fsp3) is 0.471. The van der Waals surface area contributed by atoms with Crippen LogP contribution in [0.25, 0.3) is 0 Å². The second kappa shape index (κ2) is 6.71.